The molecule has 0 saturated heterocycles. The van der Waals surface area contributed by atoms with Crippen molar-refractivity contribution < 1.29 is 4.79 Å². The van der Waals surface area contributed by atoms with Crippen molar-refractivity contribution in [2.45, 2.75) is 0 Å². The lowest BCUT2D eigenvalue weighted by atomic mass is 10.2. The quantitative estimate of drug-likeness (QED) is 0.450. The van der Waals surface area contributed by atoms with Crippen LogP contribution >= 0.6 is 38.5 Å². The van der Waals surface area contributed by atoms with Crippen LogP contribution in [0.1, 0.15) is 15.9 Å². The Hall–Kier alpha value is -1.21. The van der Waals surface area contributed by atoms with E-state index in [2.05, 4.69) is 49.0 Å². The van der Waals surface area contributed by atoms with Crippen molar-refractivity contribution in [1.29, 1.82) is 0 Å². The minimum Gasteiger partial charge on any atom is -0.267 e. The molecule has 0 saturated carbocycles. The number of amides is 1. The van der Waals surface area contributed by atoms with E-state index in [1.54, 1.807) is 18.3 Å². The number of carbonyl (C=O) groups is 1. The summed E-state index contributed by atoms with van der Waals surface area (Å²) in [5.74, 6) is -0.233. The Kier molecular flexibility index (Phi) is 5.09. The van der Waals surface area contributed by atoms with Crippen molar-refractivity contribution in [3.05, 3.63) is 67.7 Å². The van der Waals surface area contributed by atoms with Gasteiger partial charge in [-0.05, 0) is 46.9 Å². The van der Waals surface area contributed by atoms with Crippen LogP contribution in [-0.4, -0.2) is 12.1 Å². The summed E-state index contributed by atoms with van der Waals surface area (Å²) < 4.78 is 1.95. The summed E-state index contributed by atoms with van der Waals surface area (Å²) in [7, 11) is 0. The Labute approximate surface area is 133 Å². The third-order valence-electron chi connectivity index (χ3n) is 2.36. The molecule has 2 rings (SSSR count). The van der Waals surface area contributed by atoms with E-state index in [-0.39, 0.29) is 5.91 Å². The van der Waals surface area contributed by atoms with E-state index in [0.717, 1.165) is 13.6 Å². The Morgan fingerprint density at radius 1 is 1.21 bits per heavy atom. The van der Waals surface area contributed by atoms with Crippen molar-refractivity contribution in [3.8, 4) is 0 Å². The van der Waals surface area contributed by atoms with Crippen LogP contribution in [0, 0.1) is 3.57 Å². The molecular weight excluding hydrogens is 419 g/mol. The Morgan fingerprint density at radius 2 is 2.00 bits per heavy atom. The topological polar surface area (TPSA) is 41.5 Å². The van der Waals surface area contributed by atoms with Crippen molar-refractivity contribution in [3.63, 3.8) is 0 Å². The maximum absolute atomic E-state index is 11.8. The van der Waals surface area contributed by atoms with E-state index in [4.69, 9.17) is 0 Å². The van der Waals surface area contributed by atoms with Gasteiger partial charge in [-0.2, -0.15) is 5.10 Å². The van der Waals surface area contributed by atoms with Gasteiger partial charge in [-0.3, -0.25) is 4.79 Å². The number of hydrogen-bond acceptors (Lipinski definition) is 2. The summed E-state index contributed by atoms with van der Waals surface area (Å²) in [6.07, 6.45) is 1.64. The van der Waals surface area contributed by atoms with Crippen molar-refractivity contribution in [2.24, 2.45) is 5.10 Å². The molecule has 96 valence electrons. The monoisotopic (exact) mass is 428 g/mol. The van der Waals surface area contributed by atoms with Gasteiger partial charge < -0.3 is 0 Å². The first-order chi connectivity index (χ1) is 9.16. The molecule has 0 unspecified atom stereocenters. The molecule has 19 heavy (non-hydrogen) atoms. The van der Waals surface area contributed by atoms with Gasteiger partial charge in [-0.1, -0.05) is 40.2 Å². The number of hydrazone groups is 1. The normalized spacial score (nSPS) is 10.6. The molecule has 1 amide bonds. The van der Waals surface area contributed by atoms with Gasteiger partial charge in [0, 0.05) is 19.2 Å². The predicted molar refractivity (Wildman–Crippen MR) is 88.4 cm³/mol. The van der Waals surface area contributed by atoms with E-state index in [1.165, 1.54) is 0 Å². The molecule has 2 aromatic rings. The molecule has 3 nitrogen and oxygen atoms in total. The minimum atomic E-state index is -0.233. The van der Waals surface area contributed by atoms with Crippen LogP contribution in [0.15, 0.2) is 58.1 Å². The third kappa shape index (κ3) is 4.14. The number of rotatable bonds is 3. The number of nitrogens with zero attached hydrogens (tertiary/aromatic N) is 1. The Morgan fingerprint density at radius 3 is 2.74 bits per heavy atom. The SMILES string of the molecule is O=C(N/N=C\c1ccccc1I)c1cccc(Br)c1. The van der Waals surface area contributed by atoms with Gasteiger partial charge in [0.2, 0.25) is 0 Å². The average molecular weight is 429 g/mol. The lowest BCUT2D eigenvalue weighted by Gasteiger charge is -2.00. The van der Waals surface area contributed by atoms with E-state index >= 15 is 0 Å². The molecule has 0 aliphatic heterocycles. The molecule has 0 atom stereocenters. The van der Waals surface area contributed by atoms with Crippen LogP contribution in [0.3, 0.4) is 0 Å². The lowest BCUT2D eigenvalue weighted by molar-refractivity contribution is 0.0955. The summed E-state index contributed by atoms with van der Waals surface area (Å²) in [5, 5.41) is 3.96. The van der Waals surface area contributed by atoms with Crippen LogP contribution in [-0.2, 0) is 0 Å². The molecule has 1 N–H and O–H groups in total. The zero-order chi connectivity index (χ0) is 13.7. The molecule has 5 heteroatoms. The predicted octanol–water partition coefficient (Wildman–Crippen LogP) is 3.82. The van der Waals surface area contributed by atoms with Crippen LogP contribution in [0.4, 0.5) is 0 Å². The molecule has 0 aliphatic rings. The summed E-state index contributed by atoms with van der Waals surface area (Å²) in [5.41, 5.74) is 4.04. The smallest absolute Gasteiger partial charge is 0.267 e. The largest absolute Gasteiger partial charge is 0.271 e. The van der Waals surface area contributed by atoms with Gasteiger partial charge in [0.05, 0.1) is 6.21 Å². The first-order valence-electron chi connectivity index (χ1n) is 5.50. The minimum absolute atomic E-state index is 0.233. The molecule has 0 radical (unpaired) electrons. The number of benzene rings is 2. The number of halogens is 2. The van der Waals surface area contributed by atoms with Gasteiger partial charge in [-0.25, -0.2) is 5.43 Å². The molecule has 0 spiro atoms. The molecule has 0 aromatic heterocycles. The summed E-state index contributed by atoms with van der Waals surface area (Å²) in [6, 6.07) is 15.0. The van der Waals surface area contributed by atoms with Crippen molar-refractivity contribution >= 4 is 50.6 Å². The number of nitrogens with one attached hydrogen (secondary N) is 1. The summed E-state index contributed by atoms with van der Waals surface area (Å²) in [6.45, 7) is 0. The van der Waals surface area contributed by atoms with Crippen molar-refractivity contribution in [1.82, 2.24) is 5.43 Å². The second-order valence-electron chi connectivity index (χ2n) is 3.73. The lowest BCUT2D eigenvalue weighted by Crippen LogP contribution is -2.17. The maximum atomic E-state index is 11.8. The average Bonchev–Trinajstić information content (AvgIpc) is 2.41. The number of carbonyl (C=O) groups excluding carboxylic acids is 1. The maximum Gasteiger partial charge on any atom is 0.271 e. The van der Waals surface area contributed by atoms with E-state index < -0.39 is 0 Å². The summed E-state index contributed by atoms with van der Waals surface area (Å²) in [4.78, 5) is 11.8. The van der Waals surface area contributed by atoms with Gasteiger partial charge in [0.15, 0.2) is 0 Å². The molecule has 2 aromatic carbocycles. The highest BCUT2D eigenvalue weighted by atomic mass is 127. The fraction of sp³-hybridized carbons (Fsp3) is 0. The van der Waals surface area contributed by atoms with Gasteiger partial charge >= 0.3 is 0 Å². The van der Waals surface area contributed by atoms with E-state index in [0.29, 0.717) is 5.56 Å². The van der Waals surface area contributed by atoms with Crippen LogP contribution in [0.2, 0.25) is 0 Å². The number of hydrogen-bond donors (Lipinski definition) is 1. The molecule has 0 bridgehead atoms. The van der Waals surface area contributed by atoms with Crippen LogP contribution in [0.25, 0.3) is 0 Å². The molecule has 0 heterocycles. The standard InChI is InChI=1S/C14H10BrIN2O/c15-12-6-3-5-10(8-12)14(19)18-17-9-11-4-1-2-7-13(11)16/h1-9H,(H,18,19)/b17-9-. The zero-order valence-corrected chi connectivity index (χ0v) is 13.6. The van der Waals surface area contributed by atoms with Gasteiger partial charge in [0.1, 0.15) is 0 Å². The molecular formula is C14H10BrIN2O. The Balaban J connectivity index is 2.03. The summed E-state index contributed by atoms with van der Waals surface area (Å²) >= 11 is 5.55. The highest BCUT2D eigenvalue weighted by molar-refractivity contribution is 14.1. The highest BCUT2D eigenvalue weighted by Gasteiger charge is 2.03. The van der Waals surface area contributed by atoms with Crippen LogP contribution in [0.5, 0.6) is 0 Å². The highest BCUT2D eigenvalue weighted by Crippen LogP contribution is 2.11. The first-order valence-corrected chi connectivity index (χ1v) is 7.37. The molecule has 0 fully saturated rings. The third-order valence-corrected chi connectivity index (χ3v) is 3.84. The fourth-order valence-corrected chi connectivity index (χ4v) is 2.36. The second-order valence-corrected chi connectivity index (χ2v) is 5.81. The molecule has 0 aliphatic carbocycles. The van der Waals surface area contributed by atoms with Crippen LogP contribution < -0.4 is 5.43 Å². The van der Waals surface area contributed by atoms with E-state index in [1.807, 2.05) is 36.4 Å². The van der Waals surface area contributed by atoms with Gasteiger partial charge in [-0.15, -0.1) is 0 Å². The first kappa shape index (κ1) is 14.2. The van der Waals surface area contributed by atoms with Crippen molar-refractivity contribution in [2.75, 3.05) is 0 Å². The fourth-order valence-electron chi connectivity index (χ4n) is 1.43. The van der Waals surface area contributed by atoms with E-state index in [9.17, 15) is 4.79 Å². The zero-order valence-electron chi connectivity index (χ0n) is 9.81. The Bertz CT molecular complexity index is 628. The van der Waals surface area contributed by atoms with Gasteiger partial charge in [0.25, 0.3) is 5.91 Å². The second kappa shape index (κ2) is 6.81.